The van der Waals surface area contributed by atoms with Crippen LogP contribution in [0.4, 0.5) is 4.39 Å². The van der Waals surface area contributed by atoms with Gasteiger partial charge < -0.3 is 0 Å². The molecule has 0 amide bonds. The molecule has 0 bridgehead atoms. The van der Waals surface area contributed by atoms with Gasteiger partial charge in [0.05, 0.1) is 10.2 Å². The van der Waals surface area contributed by atoms with Crippen molar-refractivity contribution in [3.8, 4) is 0 Å². The quantitative estimate of drug-likeness (QED) is 0.828. The van der Waals surface area contributed by atoms with Crippen LogP contribution in [0.2, 0.25) is 0 Å². The smallest absolute Gasteiger partial charge is 0.211 e. The van der Waals surface area contributed by atoms with E-state index in [1.165, 1.54) is 0 Å². The highest BCUT2D eigenvalue weighted by atomic mass is 32.2. The molecule has 0 N–H and O–H groups in total. The Morgan fingerprint density at radius 3 is 2.69 bits per heavy atom. The second kappa shape index (κ2) is 3.24. The van der Waals surface area contributed by atoms with E-state index in [-0.39, 0.29) is 10.8 Å². The predicted molar refractivity (Wildman–Crippen MR) is 60.1 cm³/mol. The number of hydrogen-bond donors (Lipinski definition) is 0. The molecule has 0 radical (unpaired) electrons. The molecule has 2 aromatic rings. The molecule has 16 heavy (non-hydrogen) atoms. The number of nitrogens with zero attached hydrogens (tertiary/aromatic N) is 1. The summed E-state index contributed by atoms with van der Waals surface area (Å²) in [5.41, 5.74) is 0.655. The van der Waals surface area contributed by atoms with Crippen molar-refractivity contribution in [2.24, 2.45) is 0 Å². The first-order chi connectivity index (χ1) is 7.59. The molecule has 3 nitrogen and oxygen atoms in total. The van der Waals surface area contributed by atoms with Gasteiger partial charge in [0.1, 0.15) is 11.4 Å². The average molecular weight is 257 g/mol. The van der Waals surface area contributed by atoms with E-state index >= 15 is 0 Å². The molecule has 3 rings (SSSR count). The van der Waals surface area contributed by atoms with Crippen LogP contribution < -0.4 is 0 Å². The van der Waals surface area contributed by atoms with E-state index in [1.807, 2.05) is 12.1 Å². The summed E-state index contributed by atoms with van der Waals surface area (Å²) in [6, 6.07) is 7.19. The lowest BCUT2D eigenvalue weighted by Gasteiger charge is -1.94. The van der Waals surface area contributed by atoms with Crippen molar-refractivity contribution in [3.05, 3.63) is 24.3 Å². The van der Waals surface area contributed by atoms with Crippen LogP contribution in [0.15, 0.2) is 28.6 Å². The van der Waals surface area contributed by atoms with E-state index in [4.69, 9.17) is 0 Å². The van der Waals surface area contributed by atoms with Gasteiger partial charge in [0, 0.05) is 0 Å². The molecule has 84 valence electrons. The molecule has 0 saturated heterocycles. The van der Waals surface area contributed by atoms with Gasteiger partial charge >= 0.3 is 0 Å². The van der Waals surface area contributed by atoms with Crippen LogP contribution in [0.1, 0.15) is 6.42 Å². The van der Waals surface area contributed by atoms with Crippen molar-refractivity contribution in [1.29, 1.82) is 0 Å². The summed E-state index contributed by atoms with van der Waals surface area (Å²) >= 11 is 1.11. The minimum absolute atomic E-state index is 0.0406. The average Bonchev–Trinajstić information content (AvgIpc) is 2.84. The Labute approximate surface area is 95.9 Å². The summed E-state index contributed by atoms with van der Waals surface area (Å²) in [5, 5.41) is -0.868. The number of aromatic nitrogens is 1. The number of halogens is 1. The number of fused-ring (bicyclic) bond motifs is 1. The first-order valence-corrected chi connectivity index (χ1v) is 7.19. The predicted octanol–water partition coefficient (Wildman–Crippen LogP) is 2.18. The Balaban J connectivity index is 2.13. The zero-order valence-electron chi connectivity index (χ0n) is 8.13. The zero-order valence-corrected chi connectivity index (χ0v) is 9.76. The lowest BCUT2D eigenvalue weighted by molar-refractivity contribution is 0.477. The molecular weight excluding hydrogens is 249 g/mol. The first kappa shape index (κ1) is 10.2. The van der Waals surface area contributed by atoms with Crippen molar-refractivity contribution >= 4 is 31.4 Å². The van der Waals surface area contributed by atoms with Crippen LogP contribution in [-0.2, 0) is 9.84 Å². The Bertz CT molecular complexity index is 617. The maximum absolute atomic E-state index is 12.8. The van der Waals surface area contributed by atoms with Gasteiger partial charge in [-0.25, -0.2) is 17.8 Å². The van der Waals surface area contributed by atoms with Crippen LogP contribution in [0.25, 0.3) is 10.2 Å². The van der Waals surface area contributed by atoms with E-state index in [9.17, 15) is 12.8 Å². The van der Waals surface area contributed by atoms with Crippen molar-refractivity contribution in [2.75, 3.05) is 0 Å². The number of benzene rings is 1. The highest BCUT2D eigenvalue weighted by molar-refractivity contribution is 7.94. The Morgan fingerprint density at radius 2 is 2.06 bits per heavy atom. The first-order valence-electron chi connectivity index (χ1n) is 4.82. The molecule has 6 heteroatoms. The zero-order chi connectivity index (χ0) is 11.3. The largest absolute Gasteiger partial charge is 0.246 e. The van der Waals surface area contributed by atoms with Crippen LogP contribution in [0.3, 0.4) is 0 Å². The third-order valence-electron chi connectivity index (χ3n) is 2.57. The van der Waals surface area contributed by atoms with Gasteiger partial charge in [-0.05, 0) is 18.6 Å². The standard InChI is InChI=1S/C10H8FNO2S2/c11-6-5-9(6)16(13,14)10-12-7-3-1-2-4-8(7)15-10/h1-4,6,9H,5H2/t6-,9-/m1/s1. The summed E-state index contributed by atoms with van der Waals surface area (Å²) in [6.07, 6.45) is -1.10. The minimum Gasteiger partial charge on any atom is -0.246 e. The van der Waals surface area contributed by atoms with E-state index < -0.39 is 21.3 Å². The number of para-hydroxylation sites is 1. The molecule has 0 aliphatic heterocycles. The van der Waals surface area contributed by atoms with Crippen molar-refractivity contribution in [1.82, 2.24) is 4.98 Å². The fourth-order valence-electron chi connectivity index (χ4n) is 1.57. The van der Waals surface area contributed by atoms with Crippen molar-refractivity contribution < 1.29 is 12.8 Å². The summed E-state index contributed by atoms with van der Waals surface area (Å²) in [4.78, 5) is 4.04. The van der Waals surface area contributed by atoms with E-state index in [0.29, 0.717) is 5.52 Å². The SMILES string of the molecule is O=S(=O)(c1nc2ccccc2s1)[C@@H]1C[C@H]1F. The fraction of sp³-hybridized carbons (Fsp3) is 0.300. The Hall–Kier alpha value is -1.01. The topological polar surface area (TPSA) is 47.0 Å². The van der Waals surface area contributed by atoms with Gasteiger partial charge in [-0.3, -0.25) is 0 Å². The van der Waals surface area contributed by atoms with Crippen molar-refractivity contribution in [2.45, 2.75) is 22.2 Å². The molecule has 0 spiro atoms. The lowest BCUT2D eigenvalue weighted by Crippen LogP contribution is -2.09. The number of sulfone groups is 1. The molecule has 0 unspecified atom stereocenters. The maximum atomic E-state index is 12.8. The second-order valence-electron chi connectivity index (χ2n) is 3.78. The van der Waals surface area contributed by atoms with Gasteiger partial charge in [0.15, 0.2) is 0 Å². The maximum Gasteiger partial charge on any atom is 0.211 e. The molecule has 1 fully saturated rings. The highest BCUT2D eigenvalue weighted by Gasteiger charge is 2.50. The highest BCUT2D eigenvalue weighted by Crippen LogP contribution is 2.39. The van der Waals surface area contributed by atoms with Gasteiger partial charge in [-0.1, -0.05) is 12.1 Å². The molecule has 1 aliphatic carbocycles. The number of rotatable bonds is 2. The number of hydrogen-bond acceptors (Lipinski definition) is 4. The van der Waals surface area contributed by atoms with Gasteiger partial charge in [0.25, 0.3) is 0 Å². The van der Waals surface area contributed by atoms with Gasteiger partial charge in [0.2, 0.25) is 14.2 Å². The van der Waals surface area contributed by atoms with E-state index in [2.05, 4.69) is 4.98 Å². The summed E-state index contributed by atoms with van der Waals surface area (Å²) in [7, 11) is -3.54. The second-order valence-corrected chi connectivity index (χ2v) is 7.15. The van der Waals surface area contributed by atoms with Gasteiger partial charge in [-0.2, -0.15) is 0 Å². The monoisotopic (exact) mass is 257 g/mol. The molecule has 1 aromatic heterocycles. The normalized spacial score (nSPS) is 24.8. The summed E-state index contributed by atoms with van der Waals surface area (Å²) in [6.45, 7) is 0. The minimum atomic E-state index is -3.54. The summed E-state index contributed by atoms with van der Waals surface area (Å²) < 4.78 is 37.4. The third-order valence-corrected chi connectivity index (χ3v) is 6.21. The molecule has 2 atom stereocenters. The van der Waals surface area contributed by atoms with Crippen LogP contribution in [0.5, 0.6) is 0 Å². The van der Waals surface area contributed by atoms with Crippen LogP contribution >= 0.6 is 11.3 Å². The third kappa shape index (κ3) is 1.44. The molecule has 1 aromatic carbocycles. The summed E-state index contributed by atoms with van der Waals surface area (Å²) in [5.74, 6) is 0. The molecule has 1 aliphatic rings. The van der Waals surface area contributed by atoms with Crippen molar-refractivity contribution in [3.63, 3.8) is 0 Å². The lowest BCUT2D eigenvalue weighted by atomic mass is 10.3. The molecule has 1 heterocycles. The number of thiazole rings is 1. The van der Waals surface area contributed by atoms with Crippen LogP contribution in [0, 0.1) is 0 Å². The Morgan fingerprint density at radius 1 is 1.38 bits per heavy atom. The van der Waals surface area contributed by atoms with Gasteiger partial charge in [-0.15, -0.1) is 11.3 Å². The Kier molecular flexibility index (Phi) is 2.06. The van der Waals surface area contributed by atoms with Crippen LogP contribution in [-0.4, -0.2) is 24.8 Å². The van der Waals surface area contributed by atoms with E-state index in [1.54, 1.807) is 12.1 Å². The fourth-order valence-corrected chi connectivity index (χ4v) is 4.68. The molecular formula is C10H8FNO2S2. The van der Waals surface area contributed by atoms with E-state index in [0.717, 1.165) is 16.0 Å². The molecule has 1 saturated carbocycles. The number of alkyl halides is 1.